The van der Waals surface area contributed by atoms with E-state index in [1.54, 1.807) is 36.1 Å². The Morgan fingerprint density at radius 2 is 1.85 bits per heavy atom. The smallest absolute Gasteiger partial charge is 0.335 e. The number of amides is 2. The molecule has 1 fully saturated rings. The van der Waals surface area contributed by atoms with Crippen molar-refractivity contribution in [3.63, 3.8) is 0 Å². The molecule has 2 aromatic carbocycles. The van der Waals surface area contributed by atoms with Crippen molar-refractivity contribution in [2.45, 2.75) is 13.3 Å². The second-order valence-corrected chi connectivity index (χ2v) is 6.43. The fraction of sp³-hybridized carbons (Fsp3) is 0.250. The number of benzene rings is 2. The first kappa shape index (κ1) is 17.7. The van der Waals surface area contributed by atoms with Crippen LogP contribution in [0.1, 0.15) is 32.7 Å². The first-order chi connectivity index (χ1) is 12.5. The molecule has 2 aromatic rings. The molecule has 6 nitrogen and oxygen atoms in total. The summed E-state index contributed by atoms with van der Waals surface area (Å²) in [6, 6.07) is 13.7. The molecule has 0 radical (unpaired) electrons. The zero-order valence-electron chi connectivity index (χ0n) is 14.4. The second-order valence-electron chi connectivity index (χ2n) is 6.43. The van der Waals surface area contributed by atoms with Crippen LogP contribution < -0.4 is 5.32 Å². The molecule has 1 atom stereocenters. The lowest BCUT2D eigenvalue weighted by atomic mass is 10.1. The number of hydrogen-bond donors (Lipinski definition) is 2. The number of aromatic carboxylic acids is 1. The Bertz CT molecular complexity index is 848. The number of carboxylic acid groups (broad SMARTS) is 1. The monoisotopic (exact) mass is 352 g/mol. The van der Waals surface area contributed by atoms with Crippen LogP contribution in [0, 0.1) is 12.8 Å². The van der Waals surface area contributed by atoms with Crippen molar-refractivity contribution < 1.29 is 19.5 Å². The van der Waals surface area contributed by atoms with E-state index in [1.807, 2.05) is 18.2 Å². The van der Waals surface area contributed by atoms with Crippen LogP contribution in [0.25, 0.3) is 0 Å². The van der Waals surface area contributed by atoms with E-state index >= 15 is 0 Å². The molecule has 0 bridgehead atoms. The highest BCUT2D eigenvalue weighted by Crippen LogP contribution is 2.22. The summed E-state index contributed by atoms with van der Waals surface area (Å²) < 4.78 is 0. The SMILES string of the molecule is Cc1cc(NC(=O)C2CCN(C(=O)c3ccccc3)C2)ccc1C(=O)O. The Kier molecular flexibility index (Phi) is 5.02. The molecule has 26 heavy (non-hydrogen) atoms. The van der Waals surface area contributed by atoms with Gasteiger partial charge in [-0.15, -0.1) is 0 Å². The van der Waals surface area contributed by atoms with Crippen LogP contribution in [0.4, 0.5) is 5.69 Å². The third kappa shape index (κ3) is 3.74. The van der Waals surface area contributed by atoms with Crippen molar-refractivity contribution >= 4 is 23.5 Å². The molecule has 134 valence electrons. The van der Waals surface area contributed by atoms with Crippen LogP contribution in [0.3, 0.4) is 0 Å². The summed E-state index contributed by atoms with van der Waals surface area (Å²) in [5.41, 5.74) is 1.98. The quantitative estimate of drug-likeness (QED) is 0.886. The van der Waals surface area contributed by atoms with E-state index in [-0.39, 0.29) is 23.3 Å². The number of nitrogens with zero attached hydrogens (tertiary/aromatic N) is 1. The van der Waals surface area contributed by atoms with Crippen molar-refractivity contribution in [1.82, 2.24) is 4.90 Å². The van der Waals surface area contributed by atoms with Gasteiger partial charge in [-0.1, -0.05) is 18.2 Å². The van der Waals surface area contributed by atoms with Gasteiger partial charge in [0.25, 0.3) is 5.91 Å². The first-order valence-corrected chi connectivity index (χ1v) is 8.45. The summed E-state index contributed by atoms with van der Waals surface area (Å²) in [6.07, 6.45) is 0.608. The number of likely N-dealkylation sites (tertiary alicyclic amines) is 1. The summed E-state index contributed by atoms with van der Waals surface area (Å²) in [7, 11) is 0. The fourth-order valence-corrected chi connectivity index (χ4v) is 3.15. The Hall–Kier alpha value is -3.15. The number of anilines is 1. The number of carboxylic acids is 1. The van der Waals surface area contributed by atoms with Crippen LogP contribution in [0.15, 0.2) is 48.5 Å². The largest absolute Gasteiger partial charge is 0.478 e. The Morgan fingerprint density at radius 3 is 2.50 bits per heavy atom. The van der Waals surface area contributed by atoms with Gasteiger partial charge in [-0.2, -0.15) is 0 Å². The molecule has 1 unspecified atom stereocenters. The predicted octanol–water partition coefficient (Wildman–Crippen LogP) is 2.79. The zero-order chi connectivity index (χ0) is 18.7. The topological polar surface area (TPSA) is 86.7 Å². The number of nitrogens with one attached hydrogen (secondary N) is 1. The molecule has 6 heteroatoms. The third-order valence-electron chi connectivity index (χ3n) is 4.59. The third-order valence-corrected chi connectivity index (χ3v) is 4.59. The molecule has 1 saturated heterocycles. The summed E-state index contributed by atoms with van der Waals surface area (Å²) in [5.74, 6) is -1.49. The van der Waals surface area contributed by atoms with Crippen LogP contribution in [0.5, 0.6) is 0 Å². The van der Waals surface area contributed by atoms with E-state index in [1.165, 1.54) is 6.07 Å². The molecule has 1 heterocycles. The lowest BCUT2D eigenvalue weighted by Crippen LogP contribution is -2.31. The number of aryl methyl sites for hydroxylation is 1. The minimum Gasteiger partial charge on any atom is -0.478 e. The van der Waals surface area contributed by atoms with Gasteiger partial charge in [0, 0.05) is 24.3 Å². The number of carbonyl (C=O) groups excluding carboxylic acids is 2. The maximum absolute atomic E-state index is 12.5. The van der Waals surface area contributed by atoms with Crippen LogP contribution in [0.2, 0.25) is 0 Å². The van der Waals surface area contributed by atoms with Gasteiger partial charge in [-0.3, -0.25) is 9.59 Å². The summed E-state index contributed by atoms with van der Waals surface area (Å²) >= 11 is 0. The maximum atomic E-state index is 12.5. The van der Waals surface area contributed by atoms with E-state index in [0.29, 0.717) is 36.3 Å². The van der Waals surface area contributed by atoms with Crippen molar-refractivity contribution in [1.29, 1.82) is 0 Å². The minimum absolute atomic E-state index is 0.0671. The van der Waals surface area contributed by atoms with Crippen molar-refractivity contribution in [2.75, 3.05) is 18.4 Å². The molecular formula is C20H20N2O4. The highest BCUT2D eigenvalue weighted by atomic mass is 16.4. The summed E-state index contributed by atoms with van der Waals surface area (Å²) in [5, 5.41) is 11.9. The van der Waals surface area contributed by atoms with Gasteiger partial charge in [0.05, 0.1) is 11.5 Å². The number of hydrogen-bond acceptors (Lipinski definition) is 3. The standard InChI is InChI=1S/C20H20N2O4/c1-13-11-16(7-8-17(13)20(25)26)21-18(23)15-9-10-22(12-15)19(24)14-5-3-2-4-6-14/h2-8,11,15H,9-10,12H2,1H3,(H,21,23)(H,25,26). The normalized spacial score (nSPS) is 16.3. The van der Waals surface area contributed by atoms with Crippen LogP contribution >= 0.6 is 0 Å². The molecular weight excluding hydrogens is 332 g/mol. The number of carbonyl (C=O) groups is 3. The van der Waals surface area contributed by atoms with Gasteiger partial charge >= 0.3 is 5.97 Å². The molecule has 0 saturated carbocycles. The molecule has 1 aliphatic heterocycles. The first-order valence-electron chi connectivity index (χ1n) is 8.45. The van der Waals surface area contributed by atoms with E-state index in [0.717, 1.165) is 0 Å². The van der Waals surface area contributed by atoms with Crippen LogP contribution in [-0.4, -0.2) is 40.9 Å². The Labute approximate surface area is 151 Å². The molecule has 0 spiro atoms. The zero-order valence-corrected chi connectivity index (χ0v) is 14.4. The molecule has 3 rings (SSSR count). The van der Waals surface area contributed by atoms with Gasteiger partial charge in [0.15, 0.2) is 0 Å². The van der Waals surface area contributed by atoms with E-state index < -0.39 is 5.97 Å². The Balaban J connectivity index is 1.62. The number of rotatable bonds is 4. The molecule has 1 aliphatic rings. The average Bonchev–Trinajstić information content (AvgIpc) is 3.12. The van der Waals surface area contributed by atoms with Crippen molar-refractivity contribution in [3.8, 4) is 0 Å². The van der Waals surface area contributed by atoms with Crippen molar-refractivity contribution in [2.24, 2.45) is 5.92 Å². The van der Waals surface area contributed by atoms with Gasteiger partial charge in [0.2, 0.25) is 5.91 Å². The summed E-state index contributed by atoms with van der Waals surface area (Å²) in [6.45, 7) is 2.61. The van der Waals surface area contributed by atoms with E-state index in [2.05, 4.69) is 5.32 Å². The lowest BCUT2D eigenvalue weighted by molar-refractivity contribution is -0.119. The molecule has 0 aliphatic carbocycles. The molecule has 0 aromatic heterocycles. The highest BCUT2D eigenvalue weighted by Gasteiger charge is 2.31. The second kappa shape index (κ2) is 7.39. The highest BCUT2D eigenvalue weighted by molar-refractivity contribution is 5.97. The predicted molar refractivity (Wildman–Crippen MR) is 97.2 cm³/mol. The van der Waals surface area contributed by atoms with Crippen molar-refractivity contribution in [3.05, 3.63) is 65.2 Å². The van der Waals surface area contributed by atoms with Gasteiger partial charge < -0.3 is 15.3 Å². The van der Waals surface area contributed by atoms with Gasteiger partial charge in [-0.25, -0.2) is 4.79 Å². The maximum Gasteiger partial charge on any atom is 0.335 e. The van der Waals surface area contributed by atoms with E-state index in [9.17, 15) is 14.4 Å². The van der Waals surface area contributed by atoms with Gasteiger partial charge in [0.1, 0.15) is 0 Å². The molecule has 2 amide bonds. The van der Waals surface area contributed by atoms with E-state index in [4.69, 9.17) is 5.11 Å². The Morgan fingerprint density at radius 1 is 1.12 bits per heavy atom. The average molecular weight is 352 g/mol. The minimum atomic E-state index is -0.994. The lowest BCUT2D eigenvalue weighted by Gasteiger charge is -2.16. The van der Waals surface area contributed by atoms with Crippen LogP contribution in [-0.2, 0) is 4.79 Å². The van der Waals surface area contributed by atoms with Gasteiger partial charge in [-0.05, 0) is 49.2 Å². The fourth-order valence-electron chi connectivity index (χ4n) is 3.15. The summed E-state index contributed by atoms with van der Waals surface area (Å²) in [4.78, 5) is 37.7. The molecule has 2 N–H and O–H groups in total.